The maximum Gasteiger partial charge on any atom is 0.334 e. The fraction of sp³-hybridized carbons (Fsp3) is 0.706. The largest absolute Gasteiger partial charge is 0.481 e. The monoisotopic (exact) mass is 326 g/mol. The summed E-state index contributed by atoms with van der Waals surface area (Å²) < 4.78 is 10.3. The Morgan fingerprint density at radius 3 is 2.22 bits per heavy atom. The second-order valence-electron chi connectivity index (χ2n) is 6.36. The van der Waals surface area contributed by atoms with E-state index in [0.717, 1.165) is 12.8 Å². The number of carboxylic acid groups (broad SMARTS) is 1. The molecule has 1 N–H and O–H groups in total. The molecule has 0 heterocycles. The van der Waals surface area contributed by atoms with Crippen LogP contribution in [0.15, 0.2) is 12.2 Å². The highest BCUT2D eigenvalue weighted by atomic mass is 16.6. The Bertz CT molecular complexity index is 468. The summed E-state index contributed by atoms with van der Waals surface area (Å²) in [6.07, 6.45) is 2.05. The minimum atomic E-state index is -0.959. The average Bonchev–Trinajstić information content (AvgIpc) is 2.51. The number of aliphatic carboxylic acids is 1. The first-order valence-electron chi connectivity index (χ1n) is 8.03. The zero-order chi connectivity index (χ0) is 17.6. The molecule has 6 heteroatoms. The molecule has 0 bridgehead atoms. The minimum absolute atomic E-state index is 0.0178. The van der Waals surface area contributed by atoms with Gasteiger partial charge in [0.25, 0.3) is 0 Å². The van der Waals surface area contributed by atoms with Crippen molar-refractivity contribution in [3.05, 3.63) is 12.2 Å². The topological polar surface area (TPSA) is 89.9 Å². The summed E-state index contributed by atoms with van der Waals surface area (Å²) in [5.74, 6) is -3.31. The maximum atomic E-state index is 12.1. The second kappa shape index (κ2) is 8.70. The molecule has 0 saturated heterocycles. The summed E-state index contributed by atoms with van der Waals surface area (Å²) in [6.45, 7) is 8.87. The zero-order valence-electron chi connectivity index (χ0n) is 14.0. The third-order valence-corrected chi connectivity index (χ3v) is 4.11. The number of hydrogen-bond donors (Lipinski definition) is 1. The van der Waals surface area contributed by atoms with E-state index in [1.165, 1.54) is 0 Å². The Balaban J connectivity index is 2.47. The smallest absolute Gasteiger partial charge is 0.334 e. The number of ether oxygens (including phenoxy) is 2. The summed E-state index contributed by atoms with van der Waals surface area (Å²) in [7, 11) is 0. The summed E-state index contributed by atoms with van der Waals surface area (Å²) in [5, 5.41) is 9.18. The SMILES string of the molecule is C=C(C(=O)OC(C)COC(=O)C1CCCCC1C(=O)O)C(C)C. The Morgan fingerprint density at radius 2 is 1.70 bits per heavy atom. The van der Waals surface area contributed by atoms with E-state index < -0.39 is 35.8 Å². The Hall–Kier alpha value is -1.85. The number of hydrogen-bond acceptors (Lipinski definition) is 5. The minimum Gasteiger partial charge on any atom is -0.481 e. The molecule has 1 saturated carbocycles. The number of esters is 2. The lowest BCUT2D eigenvalue weighted by Gasteiger charge is -2.27. The van der Waals surface area contributed by atoms with Crippen LogP contribution in [0.25, 0.3) is 0 Å². The lowest BCUT2D eigenvalue weighted by molar-refractivity contribution is -0.164. The fourth-order valence-corrected chi connectivity index (χ4v) is 2.54. The van der Waals surface area contributed by atoms with Gasteiger partial charge in [-0.3, -0.25) is 9.59 Å². The van der Waals surface area contributed by atoms with Crippen LogP contribution < -0.4 is 0 Å². The summed E-state index contributed by atoms with van der Waals surface area (Å²) in [4.78, 5) is 35.0. The third-order valence-electron chi connectivity index (χ3n) is 4.11. The van der Waals surface area contributed by atoms with Crippen molar-refractivity contribution in [1.29, 1.82) is 0 Å². The van der Waals surface area contributed by atoms with E-state index in [-0.39, 0.29) is 12.5 Å². The van der Waals surface area contributed by atoms with Gasteiger partial charge in [0.05, 0.1) is 11.8 Å². The van der Waals surface area contributed by atoms with E-state index in [1.807, 2.05) is 13.8 Å². The van der Waals surface area contributed by atoms with Gasteiger partial charge in [0.2, 0.25) is 0 Å². The summed E-state index contributed by atoms with van der Waals surface area (Å²) in [5.41, 5.74) is 0.362. The van der Waals surface area contributed by atoms with Gasteiger partial charge in [-0.05, 0) is 25.7 Å². The Kier molecular flexibility index (Phi) is 7.26. The molecule has 1 rings (SSSR count). The number of carbonyl (C=O) groups is 3. The molecule has 0 aromatic carbocycles. The average molecular weight is 326 g/mol. The van der Waals surface area contributed by atoms with E-state index >= 15 is 0 Å². The molecule has 0 aromatic rings. The molecule has 6 nitrogen and oxygen atoms in total. The van der Waals surface area contributed by atoms with Crippen LogP contribution >= 0.6 is 0 Å². The van der Waals surface area contributed by atoms with Crippen LogP contribution in [0.1, 0.15) is 46.5 Å². The van der Waals surface area contributed by atoms with Crippen molar-refractivity contribution in [1.82, 2.24) is 0 Å². The predicted octanol–water partition coefficient (Wildman–Crippen LogP) is 2.56. The van der Waals surface area contributed by atoms with Gasteiger partial charge in [-0.2, -0.15) is 0 Å². The van der Waals surface area contributed by atoms with Crippen molar-refractivity contribution < 1.29 is 29.0 Å². The summed E-state index contributed by atoms with van der Waals surface area (Å²) in [6, 6.07) is 0. The van der Waals surface area contributed by atoms with E-state index in [1.54, 1.807) is 6.92 Å². The standard InChI is InChI=1S/C17H26O6/c1-10(2)12(4)16(20)23-11(3)9-22-17(21)14-8-6-5-7-13(14)15(18)19/h10-11,13-14H,4-9H2,1-3H3,(H,18,19). The van der Waals surface area contributed by atoms with Gasteiger partial charge in [0.15, 0.2) is 0 Å². The third kappa shape index (κ3) is 5.69. The first kappa shape index (κ1) is 19.2. The van der Waals surface area contributed by atoms with Crippen molar-refractivity contribution in [2.24, 2.45) is 17.8 Å². The highest BCUT2D eigenvalue weighted by Gasteiger charge is 2.37. The number of carbonyl (C=O) groups excluding carboxylic acids is 2. The molecular formula is C17H26O6. The first-order valence-corrected chi connectivity index (χ1v) is 8.03. The van der Waals surface area contributed by atoms with Gasteiger partial charge in [-0.25, -0.2) is 4.79 Å². The molecular weight excluding hydrogens is 300 g/mol. The molecule has 3 unspecified atom stereocenters. The Morgan fingerprint density at radius 1 is 1.13 bits per heavy atom. The van der Waals surface area contributed by atoms with Crippen LogP contribution in [0.4, 0.5) is 0 Å². The quantitative estimate of drug-likeness (QED) is 0.571. The first-order chi connectivity index (χ1) is 10.7. The molecule has 0 aromatic heterocycles. The van der Waals surface area contributed by atoms with Crippen LogP contribution in [-0.2, 0) is 23.9 Å². The van der Waals surface area contributed by atoms with Gasteiger partial charge < -0.3 is 14.6 Å². The fourth-order valence-electron chi connectivity index (χ4n) is 2.54. The molecule has 0 aliphatic heterocycles. The molecule has 3 atom stereocenters. The van der Waals surface area contributed by atoms with Crippen molar-refractivity contribution in [3.8, 4) is 0 Å². The predicted molar refractivity (Wildman–Crippen MR) is 83.6 cm³/mol. The lowest BCUT2D eigenvalue weighted by Crippen LogP contribution is -2.35. The molecule has 1 aliphatic carbocycles. The Labute approximate surface area is 136 Å². The van der Waals surface area contributed by atoms with Crippen LogP contribution in [0.2, 0.25) is 0 Å². The number of rotatable bonds is 7. The molecule has 1 aliphatic rings. The molecule has 1 fully saturated rings. The van der Waals surface area contributed by atoms with Crippen molar-refractivity contribution >= 4 is 17.9 Å². The molecule has 130 valence electrons. The molecule has 0 spiro atoms. The molecule has 23 heavy (non-hydrogen) atoms. The van der Waals surface area contributed by atoms with Crippen LogP contribution in [-0.4, -0.2) is 35.7 Å². The maximum absolute atomic E-state index is 12.1. The van der Waals surface area contributed by atoms with Crippen LogP contribution in [0.3, 0.4) is 0 Å². The zero-order valence-corrected chi connectivity index (χ0v) is 14.0. The van der Waals surface area contributed by atoms with Crippen molar-refractivity contribution in [2.45, 2.75) is 52.6 Å². The lowest BCUT2D eigenvalue weighted by atomic mass is 9.79. The molecule has 0 amide bonds. The van der Waals surface area contributed by atoms with Crippen LogP contribution in [0.5, 0.6) is 0 Å². The van der Waals surface area contributed by atoms with Crippen molar-refractivity contribution in [2.75, 3.05) is 6.61 Å². The normalized spacial score (nSPS) is 22.3. The van der Waals surface area contributed by atoms with Gasteiger partial charge in [0, 0.05) is 5.57 Å². The summed E-state index contributed by atoms with van der Waals surface area (Å²) >= 11 is 0. The van der Waals surface area contributed by atoms with Crippen LogP contribution in [0, 0.1) is 17.8 Å². The van der Waals surface area contributed by atoms with E-state index in [0.29, 0.717) is 18.4 Å². The van der Waals surface area contributed by atoms with Crippen molar-refractivity contribution in [3.63, 3.8) is 0 Å². The highest BCUT2D eigenvalue weighted by Crippen LogP contribution is 2.31. The highest BCUT2D eigenvalue weighted by molar-refractivity contribution is 5.88. The second-order valence-corrected chi connectivity index (χ2v) is 6.36. The van der Waals surface area contributed by atoms with Gasteiger partial charge in [0.1, 0.15) is 12.7 Å². The molecule has 0 radical (unpaired) electrons. The van der Waals surface area contributed by atoms with Gasteiger partial charge in [-0.15, -0.1) is 0 Å². The van der Waals surface area contributed by atoms with Gasteiger partial charge in [-0.1, -0.05) is 33.3 Å². The van der Waals surface area contributed by atoms with E-state index in [9.17, 15) is 19.5 Å². The van der Waals surface area contributed by atoms with Gasteiger partial charge >= 0.3 is 17.9 Å². The van der Waals surface area contributed by atoms with E-state index in [4.69, 9.17) is 9.47 Å². The number of carboxylic acids is 1. The van der Waals surface area contributed by atoms with E-state index in [2.05, 4.69) is 6.58 Å².